The maximum atomic E-state index is 14.0. The minimum Gasteiger partial charge on any atom is -0.483 e. The van der Waals surface area contributed by atoms with Gasteiger partial charge in [0, 0.05) is 6.04 Å². The molecule has 2 aromatic heterocycles. The second kappa shape index (κ2) is 8.37. The summed E-state index contributed by atoms with van der Waals surface area (Å²) in [6.45, 7) is 2.41. The third-order valence-corrected chi connectivity index (χ3v) is 7.41. The summed E-state index contributed by atoms with van der Waals surface area (Å²) < 4.78 is 27.0. The SMILES string of the molecule is C[C@@H]([C@H]1C[C@H]2CC[C@H]1C2)n1c(COc2ccccc2F)nnc1SCc1ncno1. The lowest BCUT2D eigenvalue weighted by Gasteiger charge is -2.30. The molecule has 0 spiro atoms. The Morgan fingerprint density at radius 3 is 2.90 bits per heavy atom. The first-order chi connectivity index (χ1) is 14.7. The van der Waals surface area contributed by atoms with Crippen molar-refractivity contribution in [2.75, 3.05) is 0 Å². The van der Waals surface area contributed by atoms with E-state index in [0.717, 1.165) is 17.0 Å². The lowest BCUT2D eigenvalue weighted by Crippen LogP contribution is -2.24. The van der Waals surface area contributed by atoms with Gasteiger partial charge in [0.2, 0.25) is 5.89 Å². The van der Waals surface area contributed by atoms with Crippen molar-refractivity contribution in [1.82, 2.24) is 24.9 Å². The van der Waals surface area contributed by atoms with Gasteiger partial charge in [-0.05, 0) is 56.1 Å². The van der Waals surface area contributed by atoms with Gasteiger partial charge < -0.3 is 9.26 Å². The van der Waals surface area contributed by atoms with E-state index in [4.69, 9.17) is 9.26 Å². The van der Waals surface area contributed by atoms with Gasteiger partial charge in [-0.1, -0.05) is 35.5 Å². The van der Waals surface area contributed by atoms with Crippen molar-refractivity contribution in [2.45, 2.75) is 56.2 Å². The molecular weight excluding hydrogens is 405 g/mol. The number of hydrogen-bond acceptors (Lipinski definition) is 7. The summed E-state index contributed by atoms with van der Waals surface area (Å²) >= 11 is 1.52. The molecule has 2 fully saturated rings. The largest absolute Gasteiger partial charge is 0.483 e. The molecule has 0 aliphatic heterocycles. The predicted molar refractivity (Wildman–Crippen MR) is 108 cm³/mol. The average molecular weight is 430 g/mol. The lowest BCUT2D eigenvalue weighted by molar-refractivity contribution is 0.215. The van der Waals surface area contributed by atoms with Crippen LogP contribution in [0.25, 0.3) is 0 Å². The van der Waals surface area contributed by atoms with E-state index in [1.807, 2.05) is 0 Å². The van der Waals surface area contributed by atoms with Gasteiger partial charge in [-0.25, -0.2) is 4.39 Å². The highest BCUT2D eigenvalue weighted by Crippen LogP contribution is 2.52. The highest BCUT2D eigenvalue weighted by Gasteiger charge is 2.43. The Kier molecular flexibility index (Phi) is 5.45. The molecule has 1 aromatic carbocycles. The molecule has 5 rings (SSSR count). The van der Waals surface area contributed by atoms with E-state index in [1.54, 1.807) is 18.2 Å². The van der Waals surface area contributed by atoms with Crippen LogP contribution in [0.15, 0.2) is 40.3 Å². The number of ether oxygens (including phenoxy) is 1. The fraction of sp³-hybridized carbons (Fsp3) is 0.524. The summed E-state index contributed by atoms with van der Waals surface area (Å²) in [6.07, 6.45) is 6.66. The summed E-state index contributed by atoms with van der Waals surface area (Å²) in [6, 6.07) is 6.67. The molecule has 4 atom stereocenters. The molecule has 0 radical (unpaired) electrons. The smallest absolute Gasteiger partial charge is 0.236 e. The van der Waals surface area contributed by atoms with Crippen molar-refractivity contribution in [2.24, 2.45) is 17.8 Å². The van der Waals surface area contributed by atoms with Crippen LogP contribution in [0.5, 0.6) is 5.75 Å². The predicted octanol–water partition coefficient (Wildman–Crippen LogP) is 4.67. The number of benzene rings is 1. The van der Waals surface area contributed by atoms with Gasteiger partial charge >= 0.3 is 0 Å². The second-order valence-corrected chi connectivity index (χ2v) is 9.13. The molecule has 9 heteroatoms. The Balaban J connectivity index is 1.38. The van der Waals surface area contributed by atoms with Crippen LogP contribution in [0.4, 0.5) is 4.39 Å². The highest BCUT2D eigenvalue weighted by molar-refractivity contribution is 7.98. The van der Waals surface area contributed by atoms with Crippen molar-refractivity contribution < 1.29 is 13.7 Å². The number of aromatic nitrogens is 5. The summed E-state index contributed by atoms with van der Waals surface area (Å²) in [4.78, 5) is 4.08. The fourth-order valence-corrected chi connectivity index (χ4v) is 5.97. The second-order valence-electron chi connectivity index (χ2n) is 8.19. The van der Waals surface area contributed by atoms with E-state index in [1.165, 1.54) is 49.8 Å². The van der Waals surface area contributed by atoms with Gasteiger partial charge in [-0.15, -0.1) is 10.2 Å². The number of fused-ring (bicyclic) bond motifs is 2. The number of halogens is 1. The lowest BCUT2D eigenvalue weighted by atomic mass is 9.84. The number of hydrogen-bond donors (Lipinski definition) is 0. The molecule has 0 N–H and O–H groups in total. The number of thioether (sulfide) groups is 1. The van der Waals surface area contributed by atoms with E-state index in [0.29, 0.717) is 23.4 Å². The van der Waals surface area contributed by atoms with Crippen LogP contribution < -0.4 is 4.74 Å². The third-order valence-electron chi connectivity index (χ3n) is 6.48. The monoisotopic (exact) mass is 429 g/mol. The van der Waals surface area contributed by atoms with Crippen LogP contribution in [0.3, 0.4) is 0 Å². The molecule has 0 amide bonds. The number of para-hydroxylation sites is 1. The standard InChI is InChI=1S/C21H24FN5O2S/c1-13(16-9-14-6-7-15(16)8-14)27-19(10-28-18-5-3-2-4-17(18)22)25-26-21(27)30-11-20-23-12-24-29-20/h2-5,12-16H,6-11H2,1H3/t13-,14-,15-,16+/m0/s1. The minimum absolute atomic E-state index is 0.167. The number of nitrogens with zero attached hydrogens (tertiary/aromatic N) is 5. The van der Waals surface area contributed by atoms with E-state index in [2.05, 4.69) is 31.8 Å². The Hall–Kier alpha value is -2.42. The fourth-order valence-electron chi connectivity index (χ4n) is 5.08. The molecule has 2 heterocycles. The van der Waals surface area contributed by atoms with Gasteiger partial charge in [0.05, 0.1) is 5.75 Å². The van der Waals surface area contributed by atoms with E-state index in [9.17, 15) is 4.39 Å². The minimum atomic E-state index is -0.379. The van der Waals surface area contributed by atoms with Gasteiger partial charge in [0.15, 0.2) is 28.9 Å². The van der Waals surface area contributed by atoms with Gasteiger partial charge in [0.25, 0.3) is 0 Å². The molecule has 3 aromatic rings. The van der Waals surface area contributed by atoms with Gasteiger partial charge in [0.1, 0.15) is 6.61 Å². The topological polar surface area (TPSA) is 78.9 Å². The molecule has 2 aliphatic carbocycles. The molecular formula is C21H24FN5O2S. The zero-order valence-corrected chi connectivity index (χ0v) is 17.6. The van der Waals surface area contributed by atoms with Crippen molar-refractivity contribution >= 4 is 11.8 Å². The highest BCUT2D eigenvalue weighted by atomic mass is 32.2. The quantitative estimate of drug-likeness (QED) is 0.482. The normalized spacial score (nSPS) is 23.7. The first-order valence-electron chi connectivity index (χ1n) is 10.4. The van der Waals surface area contributed by atoms with E-state index >= 15 is 0 Å². The van der Waals surface area contributed by atoms with Crippen LogP contribution in [-0.2, 0) is 12.4 Å². The molecule has 2 aliphatic rings. The zero-order chi connectivity index (χ0) is 20.5. The molecule has 0 saturated heterocycles. The maximum absolute atomic E-state index is 14.0. The summed E-state index contributed by atoms with van der Waals surface area (Å²) in [7, 11) is 0. The Morgan fingerprint density at radius 1 is 1.27 bits per heavy atom. The van der Waals surface area contributed by atoms with Crippen molar-refractivity contribution in [1.29, 1.82) is 0 Å². The Labute approximate surface area is 178 Å². The van der Waals surface area contributed by atoms with E-state index in [-0.39, 0.29) is 24.2 Å². The van der Waals surface area contributed by atoms with Crippen molar-refractivity contribution in [3.05, 3.63) is 48.1 Å². The van der Waals surface area contributed by atoms with Crippen LogP contribution >= 0.6 is 11.8 Å². The van der Waals surface area contributed by atoms with Crippen molar-refractivity contribution in [3.8, 4) is 5.75 Å². The third kappa shape index (κ3) is 3.82. The zero-order valence-electron chi connectivity index (χ0n) is 16.8. The Bertz CT molecular complexity index is 995. The molecule has 2 bridgehead atoms. The number of rotatable bonds is 8. The molecule has 158 valence electrons. The van der Waals surface area contributed by atoms with Crippen LogP contribution in [0.2, 0.25) is 0 Å². The van der Waals surface area contributed by atoms with Gasteiger partial charge in [-0.3, -0.25) is 4.57 Å². The van der Waals surface area contributed by atoms with E-state index < -0.39 is 0 Å². The van der Waals surface area contributed by atoms with Crippen LogP contribution in [0, 0.1) is 23.6 Å². The van der Waals surface area contributed by atoms with Crippen LogP contribution in [-0.4, -0.2) is 24.9 Å². The molecule has 7 nitrogen and oxygen atoms in total. The Morgan fingerprint density at radius 2 is 2.17 bits per heavy atom. The van der Waals surface area contributed by atoms with Crippen LogP contribution in [0.1, 0.15) is 50.4 Å². The maximum Gasteiger partial charge on any atom is 0.236 e. The summed E-state index contributed by atoms with van der Waals surface area (Å²) in [5.41, 5.74) is 0. The molecule has 2 saturated carbocycles. The average Bonchev–Trinajstić information content (AvgIpc) is 3.56. The first kappa shape index (κ1) is 19.5. The summed E-state index contributed by atoms with van der Waals surface area (Å²) in [5.74, 6) is 3.85. The molecule has 0 unspecified atom stereocenters. The van der Waals surface area contributed by atoms with Crippen molar-refractivity contribution in [3.63, 3.8) is 0 Å². The molecule has 30 heavy (non-hydrogen) atoms. The summed E-state index contributed by atoms with van der Waals surface area (Å²) in [5, 5.41) is 13.3. The first-order valence-corrected chi connectivity index (χ1v) is 11.4. The van der Waals surface area contributed by atoms with Gasteiger partial charge in [-0.2, -0.15) is 4.98 Å².